The summed E-state index contributed by atoms with van der Waals surface area (Å²) in [7, 11) is 0. The average Bonchev–Trinajstić information content (AvgIpc) is 3.35. The Bertz CT molecular complexity index is 1220. The van der Waals surface area contributed by atoms with Crippen molar-refractivity contribution in [2.75, 3.05) is 4.90 Å². The molecule has 2 aliphatic heterocycles. The van der Waals surface area contributed by atoms with Gasteiger partial charge in [0.15, 0.2) is 5.58 Å². The summed E-state index contributed by atoms with van der Waals surface area (Å²) in [4.78, 5) is 46.1. The number of para-hydroxylation sites is 2. The van der Waals surface area contributed by atoms with Gasteiger partial charge in [-0.05, 0) is 55.8 Å². The van der Waals surface area contributed by atoms with Crippen molar-refractivity contribution in [3.63, 3.8) is 0 Å². The number of benzene rings is 2. The monoisotopic (exact) mass is 465 g/mol. The van der Waals surface area contributed by atoms with Gasteiger partial charge in [-0.15, -0.1) is 0 Å². The minimum atomic E-state index is -1.32. The number of hydrogen-bond donors (Lipinski definition) is 0. The smallest absolute Gasteiger partial charge is 0.423 e. The van der Waals surface area contributed by atoms with Gasteiger partial charge in [0.25, 0.3) is 17.4 Å². The van der Waals surface area contributed by atoms with E-state index in [1.807, 2.05) is 57.2 Å². The molecule has 0 unspecified atom stereocenters. The molecule has 2 aromatic carbocycles. The summed E-state index contributed by atoms with van der Waals surface area (Å²) in [5.74, 6) is -0.792. The Balaban J connectivity index is 1.46. The first-order valence-electron chi connectivity index (χ1n) is 10.9. The minimum Gasteiger partial charge on any atom is -0.431 e. The van der Waals surface area contributed by atoms with Crippen LogP contribution in [-0.2, 0) is 14.3 Å². The van der Waals surface area contributed by atoms with Gasteiger partial charge in [0.1, 0.15) is 10.9 Å². The molecule has 0 N–H and O–H groups in total. The van der Waals surface area contributed by atoms with E-state index in [2.05, 4.69) is 4.98 Å². The van der Waals surface area contributed by atoms with E-state index in [0.717, 1.165) is 10.5 Å². The predicted molar refractivity (Wildman–Crippen MR) is 122 cm³/mol. The van der Waals surface area contributed by atoms with Crippen LogP contribution in [0.3, 0.4) is 0 Å². The molecule has 3 amide bonds. The Labute approximate surface area is 194 Å². The van der Waals surface area contributed by atoms with Gasteiger partial charge >= 0.3 is 6.09 Å². The molecule has 3 aromatic rings. The SMILES string of the molecule is CCC1(CC)C(=O)N([C@@H]2OC(=O)N(c3ccc(C)cc3)C2=O)[C@@H]1Sc1nc2ccccc2o1. The second-order valence-corrected chi connectivity index (χ2v) is 9.27. The van der Waals surface area contributed by atoms with Crippen LogP contribution in [0.5, 0.6) is 0 Å². The zero-order chi connectivity index (χ0) is 23.3. The molecule has 33 heavy (non-hydrogen) atoms. The number of anilines is 1. The Morgan fingerprint density at radius 2 is 1.73 bits per heavy atom. The quantitative estimate of drug-likeness (QED) is 0.487. The fourth-order valence-corrected chi connectivity index (χ4v) is 5.93. The minimum absolute atomic E-state index is 0.210. The van der Waals surface area contributed by atoms with Crippen molar-refractivity contribution in [1.29, 1.82) is 0 Å². The van der Waals surface area contributed by atoms with Crippen molar-refractivity contribution < 1.29 is 23.5 Å². The highest BCUT2D eigenvalue weighted by Crippen LogP contribution is 2.53. The number of carbonyl (C=O) groups is 3. The van der Waals surface area contributed by atoms with Crippen molar-refractivity contribution in [2.24, 2.45) is 5.41 Å². The van der Waals surface area contributed by atoms with E-state index in [4.69, 9.17) is 9.15 Å². The molecule has 0 bridgehead atoms. The molecule has 2 fully saturated rings. The molecule has 5 rings (SSSR count). The number of cyclic esters (lactones) is 1. The summed E-state index contributed by atoms with van der Waals surface area (Å²) >= 11 is 1.28. The lowest BCUT2D eigenvalue weighted by Crippen LogP contribution is -2.71. The van der Waals surface area contributed by atoms with Gasteiger partial charge in [0.2, 0.25) is 5.91 Å². The van der Waals surface area contributed by atoms with Gasteiger partial charge in [-0.1, -0.05) is 43.7 Å². The molecule has 0 aliphatic carbocycles. The van der Waals surface area contributed by atoms with E-state index in [9.17, 15) is 14.4 Å². The highest BCUT2D eigenvalue weighted by Gasteiger charge is 2.65. The van der Waals surface area contributed by atoms with E-state index in [1.54, 1.807) is 12.1 Å². The molecular formula is C24H23N3O5S. The number of imide groups is 1. The fraction of sp³-hybridized carbons (Fsp3) is 0.333. The molecule has 0 spiro atoms. The molecular weight excluding hydrogens is 442 g/mol. The Hall–Kier alpha value is -3.33. The van der Waals surface area contributed by atoms with Crippen LogP contribution >= 0.6 is 11.8 Å². The van der Waals surface area contributed by atoms with Crippen molar-refractivity contribution in [2.45, 2.75) is 50.4 Å². The number of ether oxygens (including phenoxy) is 1. The van der Waals surface area contributed by atoms with Gasteiger partial charge in [0, 0.05) is 0 Å². The number of fused-ring (bicyclic) bond motifs is 1. The van der Waals surface area contributed by atoms with E-state index < -0.39 is 29.0 Å². The van der Waals surface area contributed by atoms with Crippen LogP contribution in [0, 0.1) is 12.3 Å². The second kappa shape index (κ2) is 7.91. The number of carbonyl (C=O) groups excluding carboxylic acids is 3. The topological polar surface area (TPSA) is 93.0 Å². The lowest BCUT2D eigenvalue weighted by molar-refractivity contribution is -0.182. The van der Waals surface area contributed by atoms with Crippen LogP contribution in [0.2, 0.25) is 0 Å². The average molecular weight is 466 g/mol. The van der Waals surface area contributed by atoms with Crippen molar-refractivity contribution in [3.05, 3.63) is 54.1 Å². The number of rotatable bonds is 6. The molecule has 2 atom stereocenters. The third kappa shape index (κ3) is 3.21. The molecule has 0 radical (unpaired) electrons. The number of thioether (sulfide) groups is 1. The van der Waals surface area contributed by atoms with E-state index in [-0.39, 0.29) is 5.91 Å². The van der Waals surface area contributed by atoms with E-state index in [1.165, 1.54) is 16.7 Å². The highest BCUT2D eigenvalue weighted by molar-refractivity contribution is 7.99. The Morgan fingerprint density at radius 3 is 2.39 bits per heavy atom. The van der Waals surface area contributed by atoms with Gasteiger partial charge in [0.05, 0.1) is 11.1 Å². The molecule has 2 saturated heterocycles. The van der Waals surface area contributed by atoms with E-state index in [0.29, 0.717) is 34.9 Å². The lowest BCUT2D eigenvalue weighted by Gasteiger charge is -2.55. The first kappa shape index (κ1) is 21.5. The Kier molecular flexibility index (Phi) is 5.16. The molecule has 2 aliphatic rings. The van der Waals surface area contributed by atoms with Gasteiger partial charge in [-0.3, -0.25) is 14.5 Å². The van der Waals surface area contributed by atoms with Gasteiger partial charge in [-0.2, -0.15) is 0 Å². The molecule has 0 saturated carbocycles. The van der Waals surface area contributed by atoms with E-state index >= 15 is 0 Å². The van der Waals surface area contributed by atoms with Crippen LogP contribution < -0.4 is 4.90 Å². The van der Waals surface area contributed by atoms with Crippen LogP contribution in [-0.4, -0.2) is 39.4 Å². The number of hydrogen-bond acceptors (Lipinski definition) is 7. The summed E-state index contributed by atoms with van der Waals surface area (Å²) in [6, 6.07) is 14.4. The van der Waals surface area contributed by atoms with Crippen LogP contribution in [0.25, 0.3) is 11.1 Å². The first-order valence-corrected chi connectivity index (χ1v) is 11.7. The number of likely N-dealkylation sites (tertiary alicyclic amines) is 1. The summed E-state index contributed by atoms with van der Waals surface area (Å²) in [6.45, 7) is 5.80. The fourth-order valence-electron chi connectivity index (χ4n) is 4.47. The molecule has 8 nitrogen and oxygen atoms in total. The van der Waals surface area contributed by atoms with Gasteiger partial charge < -0.3 is 9.15 Å². The normalized spacial score (nSPS) is 22.1. The Morgan fingerprint density at radius 1 is 1.03 bits per heavy atom. The first-order chi connectivity index (χ1) is 15.9. The number of aromatic nitrogens is 1. The van der Waals surface area contributed by atoms with Crippen molar-refractivity contribution >= 4 is 46.5 Å². The summed E-state index contributed by atoms with van der Waals surface area (Å²) in [5.41, 5.74) is 2.06. The molecule has 1 aromatic heterocycles. The third-order valence-corrected chi connectivity index (χ3v) is 7.78. The number of aryl methyl sites for hydroxylation is 1. The van der Waals surface area contributed by atoms with Crippen LogP contribution in [0.15, 0.2) is 58.2 Å². The summed E-state index contributed by atoms with van der Waals surface area (Å²) in [6.07, 6.45) is -0.960. The van der Waals surface area contributed by atoms with Crippen LogP contribution in [0.4, 0.5) is 10.5 Å². The molecule has 3 heterocycles. The number of oxazole rings is 1. The maximum Gasteiger partial charge on any atom is 0.423 e. The van der Waals surface area contributed by atoms with Gasteiger partial charge in [-0.25, -0.2) is 14.7 Å². The standard InChI is InChI=1S/C24H23N3O5S/c1-4-24(5-2)20(29)27(21(24)33-22-25-16-8-6-7-9-17(16)31-22)19-18(28)26(23(30)32-19)15-12-10-14(3)11-13-15/h6-13,19,21H,4-5H2,1-3H3/t19-,21-/m1/s1. The largest absolute Gasteiger partial charge is 0.431 e. The summed E-state index contributed by atoms with van der Waals surface area (Å²) in [5, 5.41) is -0.0649. The predicted octanol–water partition coefficient (Wildman–Crippen LogP) is 4.71. The van der Waals surface area contributed by atoms with Crippen molar-refractivity contribution in [3.8, 4) is 0 Å². The maximum atomic E-state index is 13.3. The third-order valence-electron chi connectivity index (χ3n) is 6.51. The molecule has 170 valence electrons. The zero-order valence-corrected chi connectivity index (χ0v) is 19.3. The second-order valence-electron chi connectivity index (χ2n) is 8.24. The number of amides is 3. The number of β-lactam (4-membered cyclic amide) rings is 1. The van der Waals surface area contributed by atoms with Crippen molar-refractivity contribution in [1.82, 2.24) is 9.88 Å². The van der Waals surface area contributed by atoms with Crippen LogP contribution in [0.1, 0.15) is 32.3 Å². The maximum absolute atomic E-state index is 13.3. The molecule has 9 heteroatoms. The number of nitrogens with zero attached hydrogens (tertiary/aromatic N) is 3. The summed E-state index contributed by atoms with van der Waals surface area (Å²) < 4.78 is 11.3. The lowest BCUT2D eigenvalue weighted by atomic mass is 9.73. The zero-order valence-electron chi connectivity index (χ0n) is 18.5. The highest BCUT2D eigenvalue weighted by atomic mass is 32.2.